The zero-order chi connectivity index (χ0) is 11.3. The number of aliphatic hydroxyl groups excluding tert-OH is 2. The Morgan fingerprint density at radius 1 is 1.60 bits per heavy atom. The third-order valence-electron chi connectivity index (χ3n) is 1.92. The van der Waals surface area contributed by atoms with Gasteiger partial charge in [-0.3, -0.25) is 0 Å². The number of rotatable bonds is 5. The van der Waals surface area contributed by atoms with Crippen molar-refractivity contribution in [3.8, 4) is 0 Å². The second-order valence-electron chi connectivity index (χ2n) is 3.36. The van der Waals surface area contributed by atoms with E-state index in [9.17, 15) is 5.11 Å². The van der Waals surface area contributed by atoms with E-state index >= 15 is 0 Å². The predicted molar refractivity (Wildman–Crippen MR) is 60.7 cm³/mol. The lowest BCUT2D eigenvalue weighted by molar-refractivity contribution is 0.113. The fourth-order valence-electron chi connectivity index (χ4n) is 1.02. The number of nitrogens with zero attached hydrogens (tertiary/aromatic N) is 1. The molecule has 1 unspecified atom stereocenters. The summed E-state index contributed by atoms with van der Waals surface area (Å²) in [5.41, 5.74) is 6.76. The van der Waals surface area contributed by atoms with E-state index in [2.05, 4.69) is 4.98 Å². The summed E-state index contributed by atoms with van der Waals surface area (Å²) in [7, 11) is 0. The van der Waals surface area contributed by atoms with Crippen LogP contribution in [0.4, 0.5) is 0 Å². The molecule has 0 radical (unpaired) electrons. The molecule has 0 spiro atoms. The maximum absolute atomic E-state index is 9.17. The Bertz CT molecular complexity index is 307. The summed E-state index contributed by atoms with van der Waals surface area (Å²) < 4.78 is 0. The molecule has 0 saturated heterocycles. The molecule has 5 heteroatoms. The lowest BCUT2D eigenvalue weighted by Crippen LogP contribution is -2.14. The minimum atomic E-state index is -0.698. The smallest absolute Gasteiger partial charge is 0.0964 e. The van der Waals surface area contributed by atoms with Gasteiger partial charge in [0.25, 0.3) is 0 Å². The molecule has 0 bridgehead atoms. The summed E-state index contributed by atoms with van der Waals surface area (Å²) in [6.07, 6.45) is 1.00. The van der Waals surface area contributed by atoms with Crippen molar-refractivity contribution in [1.29, 1.82) is 0 Å². The van der Waals surface area contributed by atoms with E-state index in [0.29, 0.717) is 5.75 Å². The Labute approximate surface area is 93.5 Å². The first kappa shape index (κ1) is 12.4. The number of hydrogen-bond acceptors (Lipinski definition) is 5. The standard InChI is InChI=1S/C10H16N2O2S/c1-7(11)8-2-3-12-10(4-8)15-6-9(14)5-13/h2-4,7,9,13-14H,5-6,11H2,1H3/t7-,9?/m0/s1. The first-order valence-electron chi connectivity index (χ1n) is 4.76. The Morgan fingerprint density at radius 3 is 2.93 bits per heavy atom. The van der Waals surface area contributed by atoms with Crippen molar-refractivity contribution >= 4 is 11.8 Å². The summed E-state index contributed by atoms with van der Waals surface area (Å²) >= 11 is 1.41. The van der Waals surface area contributed by atoms with Crippen molar-refractivity contribution in [3.63, 3.8) is 0 Å². The van der Waals surface area contributed by atoms with Crippen LogP contribution in [0.25, 0.3) is 0 Å². The highest BCUT2D eigenvalue weighted by Crippen LogP contribution is 2.19. The van der Waals surface area contributed by atoms with Gasteiger partial charge in [0.05, 0.1) is 17.7 Å². The van der Waals surface area contributed by atoms with E-state index in [1.807, 2.05) is 19.1 Å². The Hall–Kier alpha value is -0.620. The van der Waals surface area contributed by atoms with E-state index in [0.717, 1.165) is 10.6 Å². The van der Waals surface area contributed by atoms with Crippen LogP contribution in [0.1, 0.15) is 18.5 Å². The molecular formula is C10H16N2O2S. The minimum Gasteiger partial charge on any atom is -0.394 e. The molecule has 0 saturated carbocycles. The Morgan fingerprint density at radius 2 is 2.33 bits per heavy atom. The Kier molecular flexibility index (Phi) is 5.04. The molecular weight excluding hydrogens is 212 g/mol. The van der Waals surface area contributed by atoms with Crippen molar-refractivity contribution in [2.24, 2.45) is 5.73 Å². The van der Waals surface area contributed by atoms with E-state index in [-0.39, 0.29) is 12.6 Å². The molecule has 1 aromatic heterocycles. The van der Waals surface area contributed by atoms with Gasteiger partial charge in [-0.1, -0.05) is 0 Å². The topological polar surface area (TPSA) is 79.4 Å². The molecule has 0 aliphatic heterocycles. The van der Waals surface area contributed by atoms with Gasteiger partial charge in [0.15, 0.2) is 0 Å². The largest absolute Gasteiger partial charge is 0.394 e. The summed E-state index contributed by atoms with van der Waals surface area (Å²) in [5, 5.41) is 18.6. The molecule has 0 aliphatic carbocycles. The van der Waals surface area contributed by atoms with Gasteiger partial charge in [-0.25, -0.2) is 4.98 Å². The van der Waals surface area contributed by atoms with E-state index in [1.54, 1.807) is 6.20 Å². The van der Waals surface area contributed by atoms with Gasteiger partial charge in [0.1, 0.15) is 0 Å². The summed E-state index contributed by atoms with van der Waals surface area (Å²) in [4.78, 5) is 4.14. The van der Waals surface area contributed by atoms with Gasteiger partial charge in [0.2, 0.25) is 0 Å². The zero-order valence-electron chi connectivity index (χ0n) is 8.63. The molecule has 0 aromatic carbocycles. The van der Waals surface area contributed by atoms with Gasteiger partial charge in [0, 0.05) is 18.0 Å². The highest BCUT2D eigenvalue weighted by molar-refractivity contribution is 7.99. The van der Waals surface area contributed by atoms with Crippen LogP contribution in [0.2, 0.25) is 0 Å². The van der Waals surface area contributed by atoms with Gasteiger partial charge in [-0.05, 0) is 24.6 Å². The number of thioether (sulfide) groups is 1. The lowest BCUT2D eigenvalue weighted by Gasteiger charge is -2.08. The molecule has 4 nitrogen and oxygen atoms in total. The molecule has 1 aromatic rings. The molecule has 2 atom stereocenters. The number of aromatic nitrogens is 1. The van der Waals surface area contributed by atoms with Crippen LogP contribution in [0, 0.1) is 0 Å². The summed E-state index contributed by atoms with van der Waals surface area (Å²) in [6, 6.07) is 3.76. The van der Waals surface area contributed by atoms with Crippen molar-refractivity contribution < 1.29 is 10.2 Å². The fourth-order valence-corrected chi connectivity index (χ4v) is 1.84. The molecule has 0 amide bonds. The van der Waals surface area contributed by atoms with Crippen molar-refractivity contribution in [3.05, 3.63) is 23.9 Å². The van der Waals surface area contributed by atoms with Gasteiger partial charge >= 0.3 is 0 Å². The van der Waals surface area contributed by atoms with E-state index in [1.165, 1.54) is 11.8 Å². The average molecular weight is 228 g/mol. The minimum absolute atomic E-state index is 0.0184. The first-order chi connectivity index (χ1) is 7.13. The molecule has 15 heavy (non-hydrogen) atoms. The summed E-state index contributed by atoms with van der Waals surface area (Å²) in [5.74, 6) is 0.436. The molecule has 0 aliphatic rings. The SMILES string of the molecule is C[C@H](N)c1ccnc(SCC(O)CO)c1. The second-order valence-corrected chi connectivity index (χ2v) is 4.40. The Balaban J connectivity index is 2.58. The van der Waals surface area contributed by atoms with Crippen LogP contribution in [-0.2, 0) is 0 Å². The highest BCUT2D eigenvalue weighted by atomic mass is 32.2. The van der Waals surface area contributed by atoms with E-state index < -0.39 is 6.10 Å². The molecule has 1 rings (SSSR count). The second kappa shape index (κ2) is 6.07. The summed E-state index contributed by atoms with van der Waals surface area (Å²) in [6.45, 7) is 1.69. The monoisotopic (exact) mass is 228 g/mol. The van der Waals surface area contributed by atoms with Crippen LogP contribution in [0.5, 0.6) is 0 Å². The van der Waals surface area contributed by atoms with Crippen LogP contribution in [-0.4, -0.2) is 33.7 Å². The first-order valence-corrected chi connectivity index (χ1v) is 5.75. The normalized spacial score (nSPS) is 14.9. The van der Waals surface area contributed by atoms with Crippen LogP contribution in [0.15, 0.2) is 23.4 Å². The number of pyridine rings is 1. The van der Waals surface area contributed by atoms with Crippen LogP contribution in [0.3, 0.4) is 0 Å². The van der Waals surface area contributed by atoms with Crippen LogP contribution < -0.4 is 5.73 Å². The van der Waals surface area contributed by atoms with Gasteiger partial charge in [-0.2, -0.15) is 0 Å². The van der Waals surface area contributed by atoms with Crippen molar-refractivity contribution in [2.45, 2.75) is 24.1 Å². The maximum Gasteiger partial charge on any atom is 0.0964 e. The van der Waals surface area contributed by atoms with Gasteiger partial charge in [-0.15, -0.1) is 11.8 Å². The van der Waals surface area contributed by atoms with Gasteiger partial charge < -0.3 is 15.9 Å². The molecule has 0 fully saturated rings. The molecule has 1 heterocycles. The van der Waals surface area contributed by atoms with Crippen LogP contribution >= 0.6 is 11.8 Å². The number of nitrogens with two attached hydrogens (primary N) is 1. The van der Waals surface area contributed by atoms with Crippen molar-refractivity contribution in [1.82, 2.24) is 4.98 Å². The lowest BCUT2D eigenvalue weighted by atomic mass is 10.1. The quantitative estimate of drug-likeness (QED) is 0.641. The maximum atomic E-state index is 9.17. The number of aliphatic hydroxyl groups is 2. The van der Waals surface area contributed by atoms with Crippen molar-refractivity contribution in [2.75, 3.05) is 12.4 Å². The third-order valence-corrected chi connectivity index (χ3v) is 2.99. The predicted octanol–water partition coefficient (Wildman–Crippen LogP) is 0.547. The zero-order valence-corrected chi connectivity index (χ0v) is 9.44. The average Bonchev–Trinajstić information content (AvgIpc) is 2.26. The molecule has 84 valence electrons. The highest BCUT2D eigenvalue weighted by Gasteiger charge is 2.05. The number of hydrogen-bond donors (Lipinski definition) is 3. The van der Waals surface area contributed by atoms with E-state index in [4.69, 9.17) is 10.8 Å². The molecule has 4 N–H and O–H groups in total. The fraction of sp³-hybridized carbons (Fsp3) is 0.500. The third kappa shape index (κ3) is 4.17.